The predicted molar refractivity (Wildman–Crippen MR) is 98.0 cm³/mol. The number of anilines is 1. The van der Waals surface area contributed by atoms with Crippen molar-refractivity contribution < 1.29 is 9.59 Å². The van der Waals surface area contributed by atoms with E-state index in [9.17, 15) is 9.59 Å². The largest absolute Gasteiger partial charge is 0.334 e. The third kappa shape index (κ3) is 4.54. The van der Waals surface area contributed by atoms with Crippen molar-refractivity contribution in [3.63, 3.8) is 0 Å². The van der Waals surface area contributed by atoms with Crippen LogP contribution in [-0.4, -0.2) is 32.6 Å². The van der Waals surface area contributed by atoms with Crippen LogP contribution in [0, 0.1) is 0 Å². The first-order valence-electron chi connectivity index (χ1n) is 8.21. The van der Waals surface area contributed by atoms with Gasteiger partial charge >= 0.3 is 6.03 Å². The van der Waals surface area contributed by atoms with E-state index in [1.807, 2.05) is 25.1 Å². The maximum atomic E-state index is 12.5. The summed E-state index contributed by atoms with van der Waals surface area (Å²) < 4.78 is 1.64. The van der Waals surface area contributed by atoms with Crippen molar-refractivity contribution in [2.24, 2.45) is 0 Å². The summed E-state index contributed by atoms with van der Waals surface area (Å²) in [5.74, 6) is -0.0887. The van der Waals surface area contributed by atoms with E-state index in [2.05, 4.69) is 20.7 Å². The Morgan fingerprint density at radius 3 is 2.58 bits per heavy atom. The summed E-state index contributed by atoms with van der Waals surface area (Å²) in [6.45, 7) is 2.39. The smallest absolute Gasteiger partial charge is 0.319 e. The van der Waals surface area contributed by atoms with E-state index < -0.39 is 0 Å². The van der Waals surface area contributed by atoms with E-state index in [-0.39, 0.29) is 17.9 Å². The van der Waals surface area contributed by atoms with Crippen molar-refractivity contribution in [1.29, 1.82) is 0 Å². The lowest BCUT2D eigenvalue weighted by Gasteiger charge is -2.14. The number of nitrogens with zero attached hydrogens (tertiary/aromatic N) is 3. The lowest BCUT2D eigenvalue weighted by atomic mass is 10.0. The van der Waals surface area contributed by atoms with Gasteiger partial charge in [0.2, 0.25) is 0 Å². The molecule has 0 saturated heterocycles. The number of amides is 2. The minimum Gasteiger partial charge on any atom is -0.334 e. The van der Waals surface area contributed by atoms with Gasteiger partial charge in [-0.2, -0.15) is 5.10 Å². The lowest BCUT2D eigenvalue weighted by Crippen LogP contribution is -2.38. The van der Waals surface area contributed by atoms with Gasteiger partial charge in [-0.1, -0.05) is 42.5 Å². The molecule has 26 heavy (non-hydrogen) atoms. The van der Waals surface area contributed by atoms with E-state index in [1.54, 1.807) is 47.4 Å². The average Bonchev–Trinajstić information content (AvgIpc) is 3.14. The van der Waals surface area contributed by atoms with Crippen molar-refractivity contribution in [2.75, 3.05) is 5.32 Å². The fourth-order valence-electron chi connectivity index (χ4n) is 2.54. The lowest BCUT2D eigenvalue weighted by molar-refractivity contribution is 0.103. The van der Waals surface area contributed by atoms with Crippen LogP contribution in [0.1, 0.15) is 22.8 Å². The van der Waals surface area contributed by atoms with Crippen molar-refractivity contribution in [1.82, 2.24) is 20.1 Å². The highest BCUT2D eigenvalue weighted by Crippen LogP contribution is 2.15. The van der Waals surface area contributed by atoms with Gasteiger partial charge in [-0.05, 0) is 19.1 Å². The second-order valence-corrected chi connectivity index (χ2v) is 5.89. The molecule has 0 unspecified atom stereocenters. The quantitative estimate of drug-likeness (QED) is 0.670. The van der Waals surface area contributed by atoms with Crippen molar-refractivity contribution in [2.45, 2.75) is 19.5 Å². The second kappa shape index (κ2) is 8.06. The minimum absolute atomic E-state index is 0.0887. The topological polar surface area (TPSA) is 88.9 Å². The predicted octanol–water partition coefficient (Wildman–Crippen LogP) is 2.72. The van der Waals surface area contributed by atoms with Gasteiger partial charge in [0.05, 0.1) is 6.54 Å². The van der Waals surface area contributed by atoms with Gasteiger partial charge in [-0.3, -0.25) is 9.48 Å². The summed E-state index contributed by atoms with van der Waals surface area (Å²) in [7, 11) is 0. The number of aromatic nitrogens is 3. The van der Waals surface area contributed by atoms with Crippen LogP contribution >= 0.6 is 0 Å². The van der Waals surface area contributed by atoms with Crippen LogP contribution in [0.2, 0.25) is 0 Å². The molecule has 0 aliphatic carbocycles. The zero-order chi connectivity index (χ0) is 18.4. The molecule has 1 heterocycles. The third-order valence-corrected chi connectivity index (χ3v) is 3.72. The average molecular weight is 349 g/mol. The Kier molecular flexibility index (Phi) is 5.38. The van der Waals surface area contributed by atoms with Crippen molar-refractivity contribution in [3.8, 4) is 0 Å². The maximum absolute atomic E-state index is 12.5. The normalized spacial score (nSPS) is 11.6. The van der Waals surface area contributed by atoms with Gasteiger partial charge in [0, 0.05) is 22.9 Å². The Bertz CT molecular complexity index is 878. The van der Waals surface area contributed by atoms with Gasteiger partial charge in [-0.25, -0.2) is 9.78 Å². The number of benzene rings is 2. The molecule has 3 aromatic rings. The number of carbonyl (C=O) groups is 2. The number of rotatable bonds is 6. The third-order valence-electron chi connectivity index (χ3n) is 3.72. The van der Waals surface area contributed by atoms with Crippen LogP contribution in [0.4, 0.5) is 10.5 Å². The summed E-state index contributed by atoms with van der Waals surface area (Å²) in [6.07, 6.45) is 3.04. The Hall–Kier alpha value is -3.48. The molecule has 7 heteroatoms. The number of nitrogens with one attached hydrogen (secondary N) is 2. The highest BCUT2D eigenvalue weighted by atomic mass is 16.2. The van der Waals surface area contributed by atoms with Crippen LogP contribution < -0.4 is 10.6 Å². The first-order valence-corrected chi connectivity index (χ1v) is 8.21. The first kappa shape index (κ1) is 17.3. The van der Waals surface area contributed by atoms with Gasteiger partial charge in [0.1, 0.15) is 12.7 Å². The fourth-order valence-corrected chi connectivity index (χ4v) is 2.54. The zero-order valence-electron chi connectivity index (χ0n) is 14.3. The second-order valence-electron chi connectivity index (χ2n) is 5.89. The van der Waals surface area contributed by atoms with E-state index in [0.717, 1.165) is 0 Å². The molecule has 2 amide bonds. The van der Waals surface area contributed by atoms with E-state index in [0.29, 0.717) is 23.4 Å². The summed E-state index contributed by atoms with van der Waals surface area (Å²) in [6, 6.07) is 15.4. The molecular formula is C19H19N5O2. The zero-order valence-corrected chi connectivity index (χ0v) is 14.3. The molecule has 0 fully saturated rings. The number of hydrogen-bond acceptors (Lipinski definition) is 4. The molecule has 3 rings (SSSR count). The SMILES string of the molecule is C[C@H](Cn1cncn1)NC(=O)Nc1cccc(C(=O)c2ccccc2)c1. The number of carbonyl (C=O) groups excluding carboxylic acids is 2. The minimum atomic E-state index is -0.345. The molecule has 1 aromatic heterocycles. The molecule has 0 aliphatic rings. The summed E-state index contributed by atoms with van der Waals surface area (Å²) in [5, 5.41) is 9.58. The number of hydrogen-bond donors (Lipinski definition) is 2. The Morgan fingerprint density at radius 1 is 1.08 bits per heavy atom. The molecule has 7 nitrogen and oxygen atoms in total. The summed E-state index contributed by atoms with van der Waals surface area (Å²) >= 11 is 0. The van der Waals surface area contributed by atoms with Crippen LogP contribution in [0.25, 0.3) is 0 Å². The van der Waals surface area contributed by atoms with Gasteiger partial charge in [0.15, 0.2) is 5.78 Å². The summed E-state index contributed by atoms with van der Waals surface area (Å²) in [5.41, 5.74) is 1.68. The van der Waals surface area contributed by atoms with Gasteiger partial charge in [0.25, 0.3) is 0 Å². The van der Waals surface area contributed by atoms with Crippen molar-refractivity contribution in [3.05, 3.63) is 78.4 Å². The van der Waals surface area contributed by atoms with Crippen LogP contribution in [-0.2, 0) is 6.54 Å². The number of urea groups is 1. The van der Waals surface area contributed by atoms with Gasteiger partial charge < -0.3 is 10.6 Å². The molecule has 0 aliphatic heterocycles. The van der Waals surface area contributed by atoms with E-state index >= 15 is 0 Å². The molecule has 132 valence electrons. The Labute approximate surface area is 151 Å². The number of ketones is 1. The van der Waals surface area contributed by atoms with Crippen LogP contribution in [0.5, 0.6) is 0 Å². The van der Waals surface area contributed by atoms with Crippen LogP contribution in [0.15, 0.2) is 67.3 Å². The molecule has 0 bridgehead atoms. The first-order chi connectivity index (χ1) is 12.6. The van der Waals surface area contributed by atoms with E-state index in [4.69, 9.17) is 0 Å². The molecule has 2 N–H and O–H groups in total. The molecule has 0 radical (unpaired) electrons. The highest BCUT2D eigenvalue weighted by Gasteiger charge is 2.11. The van der Waals surface area contributed by atoms with E-state index in [1.165, 1.54) is 6.33 Å². The molecule has 0 spiro atoms. The van der Waals surface area contributed by atoms with Crippen LogP contribution in [0.3, 0.4) is 0 Å². The molecular weight excluding hydrogens is 330 g/mol. The Morgan fingerprint density at radius 2 is 1.85 bits per heavy atom. The van der Waals surface area contributed by atoms with Gasteiger partial charge in [-0.15, -0.1) is 0 Å². The maximum Gasteiger partial charge on any atom is 0.319 e. The standard InChI is InChI=1S/C19H19N5O2/c1-14(11-24-13-20-12-21-24)22-19(26)23-17-9-5-8-16(10-17)18(25)15-6-3-2-4-7-15/h2-10,12-14H,11H2,1H3,(H2,22,23,26)/t14-/m1/s1. The molecule has 0 saturated carbocycles. The molecule has 1 atom stereocenters. The Balaban J connectivity index is 1.61. The molecule has 2 aromatic carbocycles. The fraction of sp³-hybridized carbons (Fsp3) is 0.158. The van der Waals surface area contributed by atoms with Crippen molar-refractivity contribution >= 4 is 17.5 Å². The monoisotopic (exact) mass is 349 g/mol. The highest BCUT2D eigenvalue weighted by molar-refractivity contribution is 6.09. The summed E-state index contributed by atoms with van der Waals surface area (Å²) in [4.78, 5) is 28.5.